The van der Waals surface area contributed by atoms with Crippen LogP contribution in [0.5, 0.6) is 0 Å². The molecule has 0 spiro atoms. The van der Waals surface area contributed by atoms with Gasteiger partial charge in [0.25, 0.3) is 0 Å². The fourth-order valence-corrected chi connectivity index (χ4v) is 2.09. The van der Waals surface area contributed by atoms with Crippen molar-refractivity contribution in [3.63, 3.8) is 0 Å². The molecule has 18 heavy (non-hydrogen) atoms. The van der Waals surface area contributed by atoms with Crippen LogP contribution in [0.4, 0.5) is 14.5 Å². The summed E-state index contributed by atoms with van der Waals surface area (Å²) in [6.07, 6.45) is 0. The summed E-state index contributed by atoms with van der Waals surface area (Å²) in [6, 6.07) is 9.39. The van der Waals surface area contributed by atoms with Crippen LogP contribution in [0.3, 0.4) is 0 Å². The molecule has 0 aliphatic heterocycles. The quantitative estimate of drug-likeness (QED) is 0.870. The molecule has 0 aliphatic carbocycles. The minimum atomic E-state index is -0.304. The lowest BCUT2D eigenvalue weighted by Gasteiger charge is -2.10. The number of nitrogens with one attached hydrogen (secondary N) is 1. The van der Waals surface area contributed by atoms with Crippen LogP contribution < -0.4 is 5.32 Å². The summed E-state index contributed by atoms with van der Waals surface area (Å²) < 4.78 is 26.6. The molecule has 4 heteroatoms. The molecule has 94 valence electrons. The summed E-state index contributed by atoms with van der Waals surface area (Å²) in [4.78, 5) is 0. The van der Waals surface area contributed by atoms with E-state index in [2.05, 4.69) is 21.2 Å². The van der Waals surface area contributed by atoms with Gasteiger partial charge in [-0.05, 0) is 58.2 Å². The lowest BCUT2D eigenvalue weighted by Crippen LogP contribution is -2.01. The van der Waals surface area contributed by atoms with E-state index in [9.17, 15) is 8.78 Å². The predicted octanol–water partition coefficient (Wildman–Crippen LogP) is 4.65. The molecule has 0 heterocycles. The molecular formula is C14H12BrF2N. The van der Waals surface area contributed by atoms with Gasteiger partial charge >= 0.3 is 0 Å². The number of benzene rings is 2. The SMILES string of the molecule is Cc1cc(Br)c(F)cc1NCc1ccc(F)cc1. The fourth-order valence-electron chi connectivity index (χ4n) is 1.64. The van der Waals surface area contributed by atoms with Gasteiger partial charge in [-0.2, -0.15) is 0 Å². The van der Waals surface area contributed by atoms with Gasteiger partial charge in [-0.15, -0.1) is 0 Å². The Morgan fingerprint density at radius 3 is 2.44 bits per heavy atom. The summed E-state index contributed by atoms with van der Waals surface area (Å²) in [5.74, 6) is -0.563. The highest BCUT2D eigenvalue weighted by molar-refractivity contribution is 9.10. The first kappa shape index (κ1) is 13.0. The Balaban J connectivity index is 2.10. The van der Waals surface area contributed by atoms with Gasteiger partial charge in [0, 0.05) is 12.2 Å². The summed E-state index contributed by atoms with van der Waals surface area (Å²) in [7, 11) is 0. The Hall–Kier alpha value is -1.42. The lowest BCUT2D eigenvalue weighted by molar-refractivity contribution is 0.621. The van der Waals surface area contributed by atoms with Crippen LogP contribution in [0.1, 0.15) is 11.1 Å². The average Bonchev–Trinajstić information content (AvgIpc) is 2.34. The van der Waals surface area contributed by atoms with Crippen LogP contribution in [0.25, 0.3) is 0 Å². The van der Waals surface area contributed by atoms with E-state index in [1.54, 1.807) is 18.2 Å². The van der Waals surface area contributed by atoms with Crippen molar-refractivity contribution in [2.75, 3.05) is 5.32 Å². The van der Waals surface area contributed by atoms with Crippen LogP contribution in [-0.4, -0.2) is 0 Å². The van der Waals surface area contributed by atoms with Gasteiger partial charge in [0.05, 0.1) is 4.47 Å². The normalized spacial score (nSPS) is 10.4. The van der Waals surface area contributed by atoms with E-state index in [0.29, 0.717) is 11.0 Å². The molecule has 0 saturated heterocycles. The van der Waals surface area contributed by atoms with Crippen molar-refractivity contribution in [2.24, 2.45) is 0 Å². The maximum absolute atomic E-state index is 13.4. The maximum Gasteiger partial charge on any atom is 0.139 e. The highest BCUT2D eigenvalue weighted by Crippen LogP contribution is 2.24. The summed E-state index contributed by atoms with van der Waals surface area (Å²) >= 11 is 3.14. The number of rotatable bonds is 3. The van der Waals surface area contributed by atoms with Crippen molar-refractivity contribution >= 4 is 21.6 Å². The van der Waals surface area contributed by atoms with E-state index in [-0.39, 0.29) is 11.6 Å². The van der Waals surface area contributed by atoms with Crippen molar-refractivity contribution in [2.45, 2.75) is 13.5 Å². The zero-order valence-electron chi connectivity index (χ0n) is 9.81. The van der Waals surface area contributed by atoms with Crippen molar-refractivity contribution in [1.82, 2.24) is 0 Å². The van der Waals surface area contributed by atoms with Crippen LogP contribution in [0.2, 0.25) is 0 Å². The lowest BCUT2D eigenvalue weighted by atomic mass is 10.1. The molecule has 0 aliphatic rings. The fraction of sp³-hybridized carbons (Fsp3) is 0.143. The number of hydrogen-bond donors (Lipinski definition) is 1. The molecule has 1 nitrogen and oxygen atoms in total. The van der Waals surface area contributed by atoms with E-state index in [1.807, 2.05) is 6.92 Å². The Morgan fingerprint density at radius 1 is 1.11 bits per heavy atom. The molecule has 0 radical (unpaired) electrons. The first-order valence-corrected chi connectivity index (χ1v) is 6.29. The third-order valence-electron chi connectivity index (χ3n) is 2.66. The third-order valence-corrected chi connectivity index (χ3v) is 3.27. The molecule has 2 aromatic rings. The molecule has 1 N–H and O–H groups in total. The Bertz CT molecular complexity index is 552. The number of hydrogen-bond acceptors (Lipinski definition) is 1. The Labute approximate surface area is 113 Å². The standard InChI is InChI=1S/C14H12BrF2N/c1-9-6-12(15)13(17)7-14(9)18-8-10-2-4-11(16)5-3-10/h2-7,18H,8H2,1H3. The molecule has 0 atom stereocenters. The third kappa shape index (κ3) is 3.07. The molecule has 2 aromatic carbocycles. The summed E-state index contributed by atoms with van der Waals surface area (Å²) in [5, 5.41) is 3.13. The first-order valence-electron chi connectivity index (χ1n) is 5.50. The van der Waals surface area contributed by atoms with E-state index >= 15 is 0 Å². The largest absolute Gasteiger partial charge is 0.381 e. The summed E-state index contributed by atoms with van der Waals surface area (Å²) in [6.45, 7) is 2.43. The molecule has 0 unspecified atom stereocenters. The van der Waals surface area contributed by atoms with E-state index in [4.69, 9.17) is 0 Å². The van der Waals surface area contributed by atoms with Crippen LogP contribution >= 0.6 is 15.9 Å². The van der Waals surface area contributed by atoms with Gasteiger partial charge < -0.3 is 5.32 Å². The van der Waals surface area contributed by atoms with Gasteiger partial charge in [-0.25, -0.2) is 8.78 Å². The van der Waals surface area contributed by atoms with Crippen molar-refractivity contribution in [3.8, 4) is 0 Å². The van der Waals surface area contributed by atoms with Crippen molar-refractivity contribution < 1.29 is 8.78 Å². The zero-order chi connectivity index (χ0) is 13.1. The van der Waals surface area contributed by atoms with Gasteiger partial charge in [-0.3, -0.25) is 0 Å². The van der Waals surface area contributed by atoms with E-state index in [1.165, 1.54) is 18.2 Å². The minimum absolute atomic E-state index is 0.260. The minimum Gasteiger partial charge on any atom is -0.381 e. The molecular weight excluding hydrogens is 300 g/mol. The second kappa shape index (κ2) is 5.48. The molecule has 0 saturated carbocycles. The highest BCUT2D eigenvalue weighted by Gasteiger charge is 2.05. The second-order valence-electron chi connectivity index (χ2n) is 4.06. The number of halogens is 3. The van der Waals surface area contributed by atoms with Crippen molar-refractivity contribution in [1.29, 1.82) is 0 Å². The number of aryl methyl sites for hydroxylation is 1. The van der Waals surface area contributed by atoms with E-state index < -0.39 is 0 Å². The molecule has 2 rings (SSSR count). The van der Waals surface area contributed by atoms with Gasteiger partial charge in [0.15, 0.2) is 0 Å². The average molecular weight is 312 g/mol. The maximum atomic E-state index is 13.4. The van der Waals surface area contributed by atoms with E-state index in [0.717, 1.165) is 16.8 Å². The topological polar surface area (TPSA) is 12.0 Å². The molecule has 0 aromatic heterocycles. The second-order valence-corrected chi connectivity index (χ2v) is 4.92. The van der Waals surface area contributed by atoms with Crippen LogP contribution in [0.15, 0.2) is 40.9 Å². The highest BCUT2D eigenvalue weighted by atomic mass is 79.9. The smallest absolute Gasteiger partial charge is 0.139 e. The van der Waals surface area contributed by atoms with Gasteiger partial charge in [0.2, 0.25) is 0 Å². The Kier molecular flexibility index (Phi) is 3.97. The van der Waals surface area contributed by atoms with Crippen LogP contribution in [-0.2, 0) is 6.54 Å². The number of anilines is 1. The monoisotopic (exact) mass is 311 g/mol. The Morgan fingerprint density at radius 2 is 1.78 bits per heavy atom. The van der Waals surface area contributed by atoms with Crippen molar-refractivity contribution in [3.05, 3.63) is 63.6 Å². The van der Waals surface area contributed by atoms with Gasteiger partial charge in [-0.1, -0.05) is 12.1 Å². The predicted molar refractivity (Wildman–Crippen MR) is 72.6 cm³/mol. The molecule has 0 bridgehead atoms. The molecule has 0 fully saturated rings. The summed E-state index contributed by atoms with van der Waals surface area (Å²) in [5.41, 5.74) is 2.63. The first-order chi connectivity index (χ1) is 8.56. The molecule has 0 amide bonds. The zero-order valence-corrected chi connectivity index (χ0v) is 11.4. The van der Waals surface area contributed by atoms with Crippen LogP contribution in [0, 0.1) is 18.6 Å². The van der Waals surface area contributed by atoms with Gasteiger partial charge in [0.1, 0.15) is 11.6 Å².